The van der Waals surface area contributed by atoms with Crippen LogP contribution in [0.2, 0.25) is 0 Å². The fraction of sp³-hybridized carbons (Fsp3) is 0.280. The summed E-state index contributed by atoms with van der Waals surface area (Å²) in [5.74, 6) is -0.995. The molecule has 1 aliphatic rings. The van der Waals surface area contributed by atoms with Crippen LogP contribution in [0.3, 0.4) is 0 Å². The van der Waals surface area contributed by atoms with Gasteiger partial charge in [-0.25, -0.2) is 19.4 Å². The van der Waals surface area contributed by atoms with Crippen molar-refractivity contribution in [1.29, 1.82) is 0 Å². The molecular formula is C25H25N3O7. The van der Waals surface area contributed by atoms with Crippen LogP contribution in [0.15, 0.2) is 58.3 Å². The average molecular weight is 479 g/mol. The van der Waals surface area contributed by atoms with Crippen LogP contribution in [0.5, 0.6) is 0 Å². The number of carbonyl (C=O) groups is 3. The van der Waals surface area contributed by atoms with E-state index < -0.39 is 24.0 Å². The largest absolute Gasteiger partial charge is 0.467 e. The van der Waals surface area contributed by atoms with Crippen molar-refractivity contribution < 1.29 is 33.0 Å². The molecule has 0 spiro atoms. The highest BCUT2D eigenvalue weighted by molar-refractivity contribution is 5.99. The summed E-state index contributed by atoms with van der Waals surface area (Å²) in [5.41, 5.74) is 2.30. The summed E-state index contributed by atoms with van der Waals surface area (Å²) in [6.07, 6.45) is 1.43. The molecule has 0 saturated carbocycles. The number of hydrogen-bond acceptors (Lipinski definition) is 8. The number of carbonyl (C=O) groups excluding carboxylic acids is 3. The first-order valence-corrected chi connectivity index (χ1v) is 11.0. The number of hydrogen-bond donors (Lipinski definition) is 2. The lowest BCUT2D eigenvalue weighted by molar-refractivity contribution is -0.139. The van der Waals surface area contributed by atoms with E-state index in [0.717, 1.165) is 10.9 Å². The van der Waals surface area contributed by atoms with E-state index in [-0.39, 0.29) is 36.7 Å². The maximum Gasteiger partial charge on any atom is 0.340 e. The third-order valence-electron chi connectivity index (χ3n) is 5.54. The first-order chi connectivity index (χ1) is 16.9. The Hall–Kier alpha value is -4.18. The van der Waals surface area contributed by atoms with E-state index in [0.29, 0.717) is 17.0 Å². The number of para-hydroxylation sites is 1. The SMILES string of the molecule is CCOC(=O)C1=C(COC(=O)c2c(COC)nc3ccccc3c2C)NC(=O)NC1c1ccco1. The Kier molecular flexibility index (Phi) is 7.11. The second kappa shape index (κ2) is 10.4. The van der Waals surface area contributed by atoms with Gasteiger partial charge in [0.05, 0.1) is 47.5 Å². The fourth-order valence-corrected chi connectivity index (χ4v) is 4.01. The summed E-state index contributed by atoms with van der Waals surface area (Å²) >= 11 is 0. The van der Waals surface area contributed by atoms with Crippen LogP contribution < -0.4 is 10.6 Å². The van der Waals surface area contributed by atoms with Crippen LogP contribution in [0, 0.1) is 6.92 Å². The van der Waals surface area contributed by atoms with Crippen molar-refractivity contribution >= 4 is 28.9 Å². The monoisotopic (exact) mass is 479 g/mol. The zero-order chi connectivity index (χ0) is 24.9. The van der Waals surface area contributed by atoms with Crippen molar-refractivity contribution in [3.63, 3.8) is 0 Å². The van der Waals surface area contributed by atoms with Gasteiger partial charge >= 0.3 is 18.0 Å². The third kappa shape index (κ3) is 4.87. The highest BCUT2D eigenvalue weighted by Crippen LogP contribution is 2.29. The predicted octanol–water partition coefficient (Wildman–Crippen LogP) is 3.31. The minimum atomic E-state index is -0.903. The van der Waals surface area contributed by atoms with Gasteiger partial charge in [0.1, 0.15) is 18.4 Å². The number of urea groups is 1. The second-order valence-corrected chi connectivity index (χ2v) is 7.74. The highest BCUT2D eigenvalue weighted by atomic mass is 16.5. The number of aromatic nitrogens is 1. The van der Waals surface area contributed by atoms with Gasteiger partial charge in [0.2, 0.25) is 0 Å². The molecule has 4 rings (SSSR count). The molecule has 1 aromatic carbocycles. The molecule has 1 atom stereocenters. The fourth-order valence-electron chi connectivity index (χ4n) is 4.01. The van der Waals surface area contributed by atoms with Crippen LogP contribution in [0.1, 0.15) is 40.3 Å². The normalized spacial score (nSPS) is 15.5. The molecular weight excluding hydrogens is 454 g/mol. The molecule has 2 N–H and O–H groups in total. The lowest BCUT2D eigenvalue weighted by Gasteiger charge is -2.27. The first-order valence-electron chi connectivity index (χ1n) is 11.0. The maximum absolute atomic E-state index is 13.2. The van der Waals surface area contributed by atoms with Gasteiger partial charge in [0.25, 0.3) is 0 Å². The maximum atomic E-state index is 13.2. The number of aryl methyl sites for hydroxylation is 1. The van der Waals surface area contributed by atoms with Crippen LogP contribution in [-0.4, -0.2) is 43.3 Å². The van der Waals surface area contributed by atoms with E-state index in [1.54, 1.807) is 19.1 Å². The van der Waals surface area contributed by atoms with E-state index in [1.807, 2.05) is 31.2 Å². The van der Waals surface area contributed by atoms with Gasteiger partial charge < -0.3 is 29.3 Å². The van der Waals surface area contributed by atoms with Gasteiger partial charge in [0, 0.05) is 12.5 Å². The van der Waals surface area contributed by atoms with Crippen LogP contribution in [0.25, 0.3) is 10.9 Å². The number of fused-ring (bicyclic) bond motifs is 1. The quantitative estimate of drug-likeness (QED) is 0.471. The number of benzene rings is 1. The van der Waals surface area contributed by atoms with Crippen molar-refractivity contribution in [2.75, 3.05) is 20.3 Å². The van der Waals surface area contributed by atoms with E-state index in [1.165, 1.54) is 13.4 Å². The lowest BCUT2D eigenvalue weighted by Crippen LogP contribution is -2.47. The Balaban J connectivity index is 1.69. The molecule has 2 aromatic heterocycles. The van der Waals surface area contributed by atoms with Gasteiger partial charge in [-0.05, 0) is 37.6 Å². The summed E-state index contributed by atoms with van der Waals surface area (Å²) in [7, 11) is 1.51. The number of nitrogens with one attached hydrogen (secondary N) is 2. The molecule has 3 aromatic rings. The van der Waals surface area contributed by atoms with Crippen molar-refractivity contribution in [2.45, 2.75) is 26.5 Å². The van der Waals surface area contributed by atoms with E-state index in [4.69, 9.17) is 18.6 Å². The zero-order valence-corrected chi connectivity index (χ0v) is 19.5. The molecule has 35 heavy (non-hydrogen) atoms. The average Bonchev–Trinajstić information content (AvgIpc) is 3.38. The molecule has 2 amide bonds. The molecule has 1 unspecified atom stereocenters. The van der Waals surface area contributed by atoms with Crippen LogP contribution in [-0.2, 0) is 25.6 Å². The number of pyridine rings is 1. The minimum Gasteiger partial charge on any atom is -0.467 e. The van der Waals surface area contributed by atoms with Crippen LogP contribution in [0.4, 0.5) is 4.79 Å². The van der Waals surface area contributed by atoms with E-state index >= 15 is 0 Å². The van der Waals surface area contributed by atoms with Gasteiger partial charge in [0.15, 0.2) is 0 Å². The number of nitrogens with zero attached hydrogens (tertiary/aromatic N) is 1. The molecule has 0 bridgehead atoms. The number of rotatable bonds is 8. The molecule has 182 valence electrons. The summed E-state index contributed by atoms with van der Waals surface area (Å²) < 4.78 is 21.4. The van der Waals surface area contributed by atoms with Crippen molar-refractivity contribution in [1.82, 2.24) is 15.6 Å². The molecule has 10 nitrogen and oxygen atoms in total. The third-order valence-corrected chi connectivity index (χ3v) is 5.54. The molecule has 0 saturated heterocycles. The van der Waals surface area contributed by atoms with E-state index in [9.17, 15) is 14.4 Å². The van der Waals surface area contributed by atoms with E-state index in [2.05, 4.69) is 15.6 Å². The molecule has 1 aliphatic heterocycles. The van der Waals surface area contributed by atoms with Gasteiger partial charge in [-0.2, -0.15) is 0 Å². The van der Waals surface area contributed by atoms with Crippen molar-refractivity contribution in [3.05, 3.63) is 76.5 Å². The number of esters is 2. The molecule has 0 fully saturated rings. The Morgan fingerprint density at radius 3 is 2.60 bits per heavy atom. The summed E-state index contributed by atoms with van der Waals surface area (Å²) in [6.45, 7) is 3.32. The Morgan fingerprint density at radius 2 is 1.89 bits per heavy atom. The van der Waals surface area contributed by atoms with Gasteiger partial charge in [-0.15, -0.1) is 0 Å². The van der Waals surface area contributed by atoms with Crippen molar-refractivity contribution in [3.8, 4) is 0 Å². The predicted molar refractivity (Wildman–Crippen MR) is 124 cm³/mol. The summed E-state index contributed by atoms with van der Waals surface area (Å²) in [5, 5.41) is 6.01. The van der Waals surface area contributed by atoms with Gasteiger partial charge in [-0.1, -0.05) is 18.2 Å². The number of methoxy groups -OCH3 is 1. The second-order valence-electron chi connectivity index (χ2n) is 7.74. The van der Waals surface area contributed by atoms with Crippen molar-refractivity contribution in [2.24, 2.45) is 0 Å². The molecule has 3 heterocycles. The molecule has 0 radical (unpaired) electrons. The standard InChI is InChI=1S/C25H25N3O7/c1-4-33-24(30)21-18(27-25(31)28-22(21)19-10-7-11-34-19)13-35-23(29)20-14(2)15-8-5-6-9-16(15)26-17(20)12-32-3/h5-11,22H,4,12-13H2,1-3H3,(H2,27,28,31). The topological polar surface area (TPSA) is 129 Å². The minimum absolute atomic E-state index is 0.0830. The Bertz CT molecular complexity index is 1300. The highest BCUT2D eigenvalue weighted by Gasteiger charge is 2.36. The Labute approximate surface area is 201 Å². The van der Waals surface area contributed by atoms with Gasteiger partial charge in [-0.3, -0.25) is 0 Å². The van der Waals surface area contributed by atoms with Crippen LogP contribution >= 0.6 is 0 Å². The lowest BCUT2D eigenvalue weighted by atomic mass is 10.00. The summed E-state index contributed by atoms with van der Waals surface area (Å²) in [6, 6.07) is 9.23. The first kappa shape index (κ1) is 24.0. The summed E-state index contributed by atoms with van der Waals surface area (Å²) in [4.78, 5) is 42.9. The molecule has 10 heteroatoms. The zero-order valence-electron chi connectivity index (χ0n) is 19.5. The number of furan rings is 1. The molecule has 0 aliphatic carbocycles. The number of ether oxygens (including phenoxy) is 3. The number of amides is 2. The Morgan fingerprint density at radius 1 is 1.09 bits per heavy atom. The smallest absolute Gasteiger partial charge is 0.340 e.